The summed E-state index contributed by atoms with van der Waals surface area (Å²) < 4.78 is 23.2. The number of hydrogen-bond acceptors (Lipinski definition) is 4. The lowest BCUT2D eigenvalue weighted by Gasteiger charge is -2.30. The molecule has 140 valence electrons. The molecule has 3 aliphatic rings. The van der Waals surface area contributed by atoms with Gasteiger partial charge in [0.25, 0.3) is 0 Å². The molecule has 0 aromatic carbocycles. The van der Waals surface area contributed by atoms with Gasteiger partial charge in [0.05, 0.1) is 11.5 Å². The second-order valence-corrected chi connectivity index (χ2v) is 10.6. The molecular weight excluding hydrogens is 457 g/mol. The Morgan fingerprint density at radius 2 is 1.88 bits per heavy atom. The van der Waals surface area contributed by atoms with E-state index in [4.69, 9.17) is 4.99 Å². The summed E-state index contributed by atoms with van der Waals surface area (Å²) in [5.74, 6) is 1.75. The Morgan fingerprint density at radius 1 is 1.12 bits per heavy atom. The van der Waals surface area contributed by atoms with Crippen LogP contribution < -0.4 is 10.6 Å². The summed E-state index contributed by atoms with van der Waals surface area (Å²) in [4.78, 5) is 4.72. The number of thioether (sulfide) groups is 1. The lowest BCUT2D eigenvalue weighted by molar-refractivity contribution is 0.418. The molecule has 0 radical (unpaired) electrons. The highest BCUT2D eigenvalue weighted by Crippen LogP contribution is 2.27. The Labute approximate surface area is 167 Å². The van der Waals surface area contributed by atoms with Crippen LogP contribution in [0.1, 0.15) is 44.9 Å². The number of aliphatic imine (C=N–C) groups is 1. The van der Waals surface area contributed by atoms with Crippen LogP contribution in [0.25, 0.3) is 0 Å². The fourth-order valence-electron chi connectivity index (χ4n) is 3.47. The van der Waals surface area contributed by atoms with Gasteiger partial charge in [-0.25, -0.2) is 8.42 Å². The first-order valence-corrected chi connectivity index (χ1v) is 12.0. The van der Waals surface area contributed by atoms with Crippen molar-refractivity contribution in [3.8, 4) is 0 Å². The number of nitrogens with one attached hydrogen (secondary N) is 2. The van der Waals surface area contributed by atoms with Gasteiger partial charge in [0, 0.05) is 23.9 Å². The number of nitrogens with zero attached hydrogens (tertiary/aromatic N) is 1. The third-order valence-electron chi connectivity index (χ3n) is 5.05. The van der Waals surface area contributed by atoms with E-state index in [1.165, 1.54) is 38.5 Å². The Bertz CT molecular complexity index is 537. The van der Waals surface area contributed by atoms with Gasteiger partial charge >= 0.3 is 0 Å². The Kier molecular flexibility index (Phi) is 7.99. The van der Waals surface area contributed by atoms with Crippen molar-refractivity contribution in [3.05, 3.63) is 0 Å². The first-order valence-electron chi connectivity index (χ1n) is 8.85. The SMILES string of the molecule is CSC1CCCC(NC(=NCC2CCS(=O)(=O)C2)NC2CC2)C1.I. The lowest BCUT2D eigenvalue weighted by atomic mass is 9.95. The standard InChI is InChI=1S/C16H29N3O2S2.HI/c1-22-15-4-2-3-14(9-15)19-16(18-13-5-6-13)17-10-12-7-8-23(20,21)11-12;/h12-15H,2-11H2,1H3,(H2,17,18,19);1H. The van der Waals surface area contributed by atoms with E-state index in [-0.39, 0.29) is 29.9 Å². The van der Waals surface area contributed by atoms with Crippen LogP contribution in [-0.2, 0) is 9.84 Å². The molecule has 2 N–H and O–H groups in total. The molecule has 5 nitrogen and oxygen atoms in total. The molecule has 0 aromatic rings. The predicted octanol–water partition coefficient (Wildman–Crippen LogP) is 2.41. The summed E-state index contributed by atoms with van der Waals surface area (Å²) in [6.45, 7) is 0.625. The summed E-state index contributed by atoms with van der Waals surface area (Å²) in [6, 6.07) is 1.06. The van der Waals surface area contributed by atoms with Crippen LogP contribution in [0.5, 0.6) is 0 Å². The van der Waals surface area contributed by atoms with Crippen LogP contribution in [0.3, 0.4) is 0 Å². The zero-order chi connectivity index (χ0) is 16.3. The lowest BCUT2D eigenvalue weighted by Crippen LogP contribution is -2.46. The largest absolute Gasteiger partial charge is 0.354 e. The zero-order valence-corrected chi connectivity index (χ0v) is 18.3. The van der Waals surface area contributed by atoms with E-state index in [1.54, 1.807) is 0 Å². The van der Waals surface area contributed by atoms with Crippen molar-refractivity contribution in [2.24, 2.45) is 10.9 Å². The molecule has 1 heterocycles. The summed E-state index contributed by atoms with van der Waals surface area (Å²) in [7, 11) is -2.80. The topological polar surface area (TPSA) is 70.6 Å². The average molecular weight is 487 g/mol. The molecule has 3 rings (SSSR count). The second-order valence-electron chi connectivity index (χ2n) is 7.24. The monoisotopic (exact) mass is 487 g/mol. The molecule has 0 aromatic heterocycles. The van der Waals surface area contributed by atoms with Crippen molar-refractivity contribution in [3.63, 3.8) is 0 Å². The van der Waals surface area contributed by atoms with Gasteiger partial charge in [0.1, 0.15) is 0 Å². The molecule has 2 aliphatic carbocycles. The normalized spacial score (nSPS) is 32.9. The fraction of sp³-hybridized carbons (Fsp3) is 0.938. The molecule has 24 heavy (non-hydrogen) atoms. The van der Waals surface area contributed by atoms with Crippen LogP contribution in [0.15, 0.2) is 4.99 Å². The van der Waals surface area contributed by atoms with Gasteiger partial charge < -0.3 is 10.6 Å². The van der Waals surface area contributed by atoms with Crippen LogP contribution in [0, 0.1) is 5.92 Å². The van der Waals surface area contributed by atoms with E-state index in [9.17, 15) is 8.42 Å². The molecular formula is C16H30IN3O2S2. The summed E-state index contributed by atoms with van der Waals surface area (Å²) in [5.41, 5.74) is 0. The maximum Gasteiger partial charge on any atom is 0.191 e. The van der Waals surface area contributed by atoms with E-state index in [2.05, 4.69) is 16.9 Å². The molecule has 8 heteroatoms. The molecule has 3 fully saturated rings. The minimum Gasteiger partial charge on any atom is -0.354 e. The third kappa shape index (κ3) is 6.55. The van der Waals surface area contributed by atoms with E-state index in [0.29, 0.717) is 30.1 Å². The quantitative estimate of drug-likeness (QED) is 0.354. The Hall–Kier alpha value is 0.300. The van der Waals surface area contributed by atoms with Crippen molar-refractivity contribution in [1.29, 1.82) is 0 Å². The predicted molar refractivity (Wildman–Crippen MR) is 113 cm³/mol. The van der Waals surface area contributed by atoms with Gasteiger partial charge in [-0.3, -0.25) is 4.99 Å². The Balaban J connectivity index is 0.00000208. The minimum absolute atomic E-state index is 0. The Morgan fingerprint density at radius 3 is 2.50 bits per heavy atom. The van der Waals surface area contributed by atoms with Crippen molar-refractivity contribution < 1.29 is 8.42 Å². The van der Waals surface area contributed by atoms with Gasteiger partial charge in [-0.2, -0.15) is 11.8 Å². The van der Waals surface area contributed by atoms with Gasteiger partial charge in [0.2, 0.25) is 0 Å². The summed E-state index contributed by atoms with van der Waals surface area (Å²) in [6.07, 6.45) is 10.4. The van der Waals surface area contributed by atoms with Gasteiger partial charge in [-0.15, -0.1) is 24.0 Å². The number of sulfone groups is 1. The summed E-state index contributed by atoms with van der Waals surface area (Å²) >= 11 is 1.97. The molecule has 3 atom stereocenters. The van der Waals surface area contributed by atoms with Crippen molar-refractivity contribution in [2.75, 3.05) is 24.3 Å². The average Bonchev–Trinajstić information content (AvgIpc) is 3.27. The third-order valence-corrected chi connectivity index (χ3v) is 7.98. The molecule has 3 unspecified atom stereocenters. The first-order chi connectivity index (χ1) is 11.0. The van der Waals surface area contributed by atoms with E-state index >= 15 is 0 Å². The molecule has 0 amide bonds. The van der Waals surface area contributed by atoms with Crippen LogP contribution in [0.2, 0.25) is 0 Å². The smallest absolute Gasteiger partial charge is 0.191 e. The van der Waals surface area contributed by atoms with E-state index < -0.39 is 9.84 Å². The summed E-state index contributed by atoms with van der Waals surface area (Å²) in [5, 5.41) is 7.86. The van der Waals surface area contributed by atoms with E-state index in [0.717, 1.165) is 17.6 Å². The molecule has 0 bridgehead atoms. The van der Waals surface area contributed by atoms with E-state index in [1.807, 2.05) is 11.8 Å². The first kappa shape index (κ1) is 20.6. The van der Waals surface area contributed by atoms with Crippen LogP contribution in [0.4, 0.5) is 0 Å². The van der Waals surface area contributed by atoms with Crippen LogP contribution >= 0.6 is 35.7 Å². The maximum absolute atomic E-state index is 11.6. The number of hydrogen-bond donors (Lipinski definition) is 2. The highest BCUT2D eigenvalue weighted by Gasteiger charge is 2.29. The van der Waals surface area contributed by atoms with Crippen molar-refractivity contribution >= 4 is 51.5 Å². The fourth-order valence-corrected chi connectivity index (χ4v) is 6.15. The van der Waals surface area contributed by atoms with Crippen molar-refractivity contribution in [1.82, 2.24) is 10.6 Å². The highest BCUT2D eigenvalue weighted by atomic mass is 127. The zero-order valence-electron chi connectivity index (χ0n) is 14.4. The number of halogens is 1. The molecule has 1 saturated heterocycles. The second kappa shape index (κ2) is 9.30. The molecule has 1 aliphatic heterocycles. The number of guanidine groups is 1. The van der Waals surface area contributed by atoms with Gasteiger partial charge in [-0.1, -0.05) is 6.42 Å². The maximum atomic E-state index is 11.6. The van der Waals surface area contributed by atoms with Crippen molar-refractivity contribution in [2.45, 2.75) is 62.3 Å². The molecule has 0 spiro atoms. The minimum atomic E-state index is -2.80. The highest BCUT2D eigenvalue weighted by molar-refractivity contribution is 14.0. The van der Waals surface area contributed by atoms with Crippen LogP contribution in [-0.4, -0.2) is 56.0 Å². The number of rotatable bonds is 5. The molecule has 2 saturated carbocycles. The van der Waals surface area contributed by atoms with Gasteiger partial charge in [-0.05, 0) is 50.7 Å². The van der Waals surface area contributed by atoms with Gasteiger partial charge in [0.15, 0.2) is 15.8 Å².